The molecule has 0 radical (unpaired) electrons. The van der Waals surface area contributed by atoms with Crippen molar-refractivity contribution in [1.29, 1.82) is 5.26 Å². The first-order valence-corrected chi connectivity index (χ1v) is 8.91. The molecule has 0 unspecified atom stereocenters. The summed E-state index contributed by atoms with van der Waals surface area (Å²) in [6.07, 6.45) is 2.07. The summed E-state index contributed by atoms with van der Waals surface area (Å²) in [4.78, 5) is 14.7. The van der Waals surface area contributed by atoms with E-state index in [1.807, 2.05) is 24.3 Å². The number of likely N-dealkylation sites (tertiary alicyclic amines) is 1. The molecule has 5 nitrogen and oxygen atoms in total. The number of piperidine rings is 1. The molecule has 1 amide bonds. The van der Waals surface area contributed by atoms with Gasteiger partial charge in [-0.2, -0.15) is 5.26 Å². The highest BCUT2D eigenvalue weighted by Crippen LogP contribution is 2.20. The van der Waals surface area contributed by atoms with Crippen LogP contribution >= 0.6 is 0 Å². The van der Waals surface area contributed by atoms with Gasteiger partial charge in [-0.1, -0.05) is 12.1 Å². The summed E-state index contributed by atoms with van der Waals surface area (Å²) in [6.45, 7) is 3.11. The third kappa shape index (κ3) is 4.69. The second-order valence-corrected chi connectivity index (χ2v) is 6.75. The summed E-state index contributed by atoms with van der Waals surface area (Å²) < 4.78 is 0. The van der Waals surface area contributed by atoms with E-state index in [1.54, 1.807) is 24.3 Å². The zero-order chi connectivity index (χ0) is 18.4. The van der Waals surface area contributed by atoms with Crippen molar-refractivity contribution in [2.75, 3.05) is 25.0 Å². The van der Waals surface area contributed by atoms with E-state index in [0.29, 0.717) is 17.0 Å². The molecule has 0 saturated carbocycles. The first-order valence-electron chi connectivity index (χ1n) is 8.91. The highest BCUT2D eigenvalue weighted by atomic mass is 16.3. The molecule has 0 atom stereocenters. The first kappa shape index (κ1) is 18.1. The number of amides is 1. The largest absolute Gasteiger partial charge is 0.396 e. The van der Waals surface area contributed by atoms with Crippen molar-refractivity contribution < 1.29 is 9.90 Å². The maximum absolute atomic E-state index is 12.4. The van der Waals surface area contributed by atoms with Crippen molar-refractivity contribution >= 4 is 11.6 Å². The lowest BCUT2D eigenvalue weighted by Gasteiger charge is -2.31. The molecule has 0 aliphatic carbocycles. The van der Waals surface area contributed by atoms with Crippen LogP contribution in [0.15, 0.2) is 48.5 Å². The number of anilines is 1. The Morgan fingerprint density at radius 2 is 1.92 bits per heavy atom. The quantitative estimate of drug-likeness (QED) is 0.870. The molecule has 2 aromatic rings. The Balaban J connectivity index is 1.60. The molecule has 0 spiro atoms. The minimum atomic E-state index is -0.185. The number of hydrogen-bond acceptors (Lipinski definition) is 4. The van der Waals surface area contributed by atoms with E-state index < -0.39 is 0 Å². The van der Waals surface area contributed by atoms with Gasteiger partial charge >= 0.3 is 0 Å². The van der Waals surface area contributed by atoms with Crippen LogP contribution in [0, 0.1) is 17.2 Å². The van der Waals surface area contributed by atoms with Crippen LogP contribution in [0.5, 0.6) is 0 Å². The molecule has 26 heavy (non-hydrogen) atoms. The van der Waals surface area contributed by atoms with E-state index in [-0.39, 0.29) is 12.5 Å². The lowest BCUT2D eigenvalue weighted by molar-refractivity contribution is 0.102. The molecule has 0 aromatic heterocycles. The number of nitrogens with one attached hydrogen (secondary N) is 1. The lowest BCUT2D eigenvalue weighted by Crippen LogP contribution is -2.34. The normalized spacial score (nSPS) is 15.4. The van der Waals surface area contributed by atoms with Crippen LogP contribution in [-0.2, 0) is 6.54 Å². The third-order valence-corrected chi connectivity index (χ3v) is 4.83. The number of carbonyl (C=O) groups excluding carboxylic acids is 1. The number of aliphatic hydroxyl groups is 1. The SMILES string of the molecule is N#Cc1ccc(C(=O)Nc2cccc(CN3CCC(CO)CC3)c2)cc1. The van der Waals surface area contributed by atoms with Gasteiger partial charge in [-0.3, -0.25) is 9.69 Å². The van der Waals surface area contributed by atoms with E-state index in [9.17, 15) is 9.90 Å². The summed E-state index contributed by atoms with van der Waals surface area (Å²) in [5.74, 6) is 0.250. The lowest BCUT2D eigenvalue weighted by atomic mass is 9.97. The van der Waals surface area contributed by atoms with E-state index in [4.69, 9.17) is 5.26 Å². The summed E-state index contributed by atoms with van der Waals surface area (Å²) in [7, 11) is 0. The number of aliphatic hydroxyl groups excluding tert-OH is 1. The van der Waals surface area contributed by atoms with E-state index >= 15 is 0 Å². The number of hydrogen-bond donors (Lipinski definition) is 2. The Morgan fingerprint density at radius 3 is 2.58 bits per heavy atom. The Kier molecular flexibility index (Phi) is 6.00. The van der Waals surface area contributed by atoms with Crippen LogP contribution in [0.4, 0.5) is 5.69 Å². The van der Waals surface area contributed by atoms with Crippen molar-refractivity contribution in [2.45, 2.75) is 19.4 Å². The fourth-order valence-corrected chi connectivity index (χ4v) is 3.23. The Hall–Kier alpha value is -2.68. The van der Waals surface area contributed by atoms with E-state index in [1.165, 1.54) is 0 Å². The maximum atomic E-state index is 12.4. The van der Waals surface area contributed by atoms with Crippen LogP contribution in [0.2, 0.25) is 0 Å². The van der Waals surface area contributed by atoms with Gasteiger partial charge < -0.3 is 10.4 Å². The van der Waals surface area contributed by atoms with Crippen LogP contribution < -0.4 is 5.32 Å². The zero-order valence-corrected chi connectivity index (χ0v) is 14.7. The van der Waals surface area contributed by atoms with Gasteiger partial charge in [0.15, 0.2) is 0 Å². The average Bonchev–Trinajstić information content (AvgIpc) is 2.69. The van der Waals surface area contributed by atoms with Crippen molar-refractivity contribution in [2.24, 2.45) is 5.92 Å². The highest BCUT2D eigenvalue weighted by Gasteiger charge is 2.18. The fraction of sp³-hybridized carbons (Fsp3) is 0.333. The minimum absolute atomic E-state index is 0.185. The van der Waals surface area contributed by atoms with Gasteiger partial charge in [-0.15, -0.1) is 0 Å². The second-order valence-electron chi connectivity index (χ2n) is 6.75. The Bertz CT molecular complexity index is 788. The highest BCUT2D eigenvalue weighted by molar-refractivity contribution is 6.04. The molecular weight excluding hydrogens is 326 g/mol. The summed E-state index contributed by atoms with van der Waals surface area (Å²) in [5, 5.41) is 21.0. The number of nitriles is 1. The second kappa shape index (κ2) is 8.61. The third-order valence-electron chi connectivity index (χ3n) is 4.83. The maximum Gasteiger partial charge on any atom is 0.255 e. The summed E-state index contributed by atoms with van der Waals surface area (Å²) in [5.41, 5.74) is 2.99. The average molecular weight is 349 g/mol. The van der Waals surface area contributed by atoms with E-state index in [0.717, 1.165) is 43.7 Å². The standard InChI is InChI=1S/C21H23N3O2/c22-13-16-4-6-19(7-5-16)21(26)23-20-3-1-2-18(12-20)14-24-10-8-17(15-25)9-11-24/h1-7,12,17,25H,8-11,14-15H2,(H,23,26). The van der Waals surface area contributed by atoms with Crippen molar-refractivity contribution in [1.82, 2.24) is 4.90 Å². The molecule has 5 heteroatoms. The zero-order valence-electron chi connectivity index (χ0n) is 14.7. The monoisotopic (exact) mass is 349 g/mol. The van der Waals surface area contributed by atoms with Gasteiger partial charge in [0.05, 0.1) is 11.6 Å². The number of nitrogens with zero attached hydrogens (tertiary/aromatic N) is 2. The van der Waals surface area contributed by atoms with Crippen molar-refractivity contribution in [3.8, 4) is 6.07 Å². The van der Waals surface area contributed by atoms with Crippen molar-refractivity contribution in [3.63, 3.8) is 0 Å². The fourth-order valence-electron chi connectivity index (χ4n) is 3.23. The van der Waals surface area contributed by atoms with Crippen LogP contribution in [0.25, 0.3) is 0 Å². The minimum Gasteiger partial charge on any atom is -0.396 e. The topological polar surface area (TPSA) is 76.4 Å². The van der Waals surface area contributed by atoms with Crippen LogP contribution in [0.3, 0.4) is 0 Å². The Morgan fingerprint density at radius 1 is 1.19 bits per heavy atom. The number of benzene rings is 2. The molecule has 1 fully saturated rings. The van der Waals surface area contributed by atoms with Gasteiger partial charge in [0.25, 0.3) is 5.91 Å². The van der Waals surface area contributed by atoms with Gasteiger partial charge in [0, 0.05) is 24.4 Å². The van der Waals surface area contributed by atoms with Crippen molar-refractivity contribution in [3.05, 3.63) is 65.2 Å². The van der Waals surface area contributed by atoms with Gasteiger partial charge in [0.2, 0.25) is 0 Å². The molecule has 1 saturated heterocycles. The summed E-state index contributed by atoms with van der Waals surface area (Å²) >= 11 is 0. The molecule has 2 N–H and O–H groups in total. The van der Waals surface area contributed by atoms with E-state index in [2.05, 4.69) is 16.3 Å². The molecule has 2 aromatic carbocycles. The smallest absolute Gasteiger partial charge is 0.255 e. The van der Waals surface area contributed by atoms with Crippen LogP contribution in [0.1, 0.15) is 34.3 Å². The molecule has 1 aliphatic rings. The number of carbonyl (C=O) groups is 1. The predicted octanol–water partition coefficient (Wildman–Crippen LogP) is 3.01. The van der Waals surface area contributed by atoms with Gasteiger partial charge in [-0.25, -0.2) is 0 Å². The summed E-state index contributed by atoms with van der Waals surface area (Å²) in [6, 6.07) is 16.5. The number of rotatable bonds is 5. The van der Waals surface area contributed by atoms with Gasteiger partial charge in [0.1, 0.15) is 0 Å². The van der Waals surface area contributed by atoms with Gasteiger partial charge in [-0.05, 0) is 73.8 Å². The molecule has 1 heterocycles. The molecular formula is C21H23N3O2. The van der Waals surface area contributed by atoms with Crippen LogP contribution in [-0.4, -0.2) is 35.6 Å². The molecule has 134 valence electrons. The molecule has 0 bridgehead atoms. The molecule has 1 aliphatic heterocycles. The Labute approximate surface area is 153 Å². The predicted molar refractivity (Wildman–Crippen MR) is 101 cm³/mol. The first-order chi connectivity index (χ1) is 12.7. The molecule has 3 rings (SSSR count).